The van der Waals surface area contributed by atoms with E-state index >= 15 is 0 Å². The van der Waals surface area contributed by atoms with Crippen molar-refractivity contribution in [2.24, 2.45) is 0 Å². The van der Waals surface area contributed by atoms with E-state index in [4.69, 9.17) is 9.47 Å². The number of benzene rings is 2. The molecule has 0 saturated heterocycles. The summed E-state index contributed by atoms with van der Waals surface area (Å²) in [4.78, 5) is 11.2. The largest absolute Gasteiger partial charge is 0.493 e. The Labute approximate surface area is 169 Å². The van der Waals surface area contributed by atoms with Crippen LogP contribution in [0.25, 0.3) is 0 Å². The Morgan fingerprint density at radius 3 is 2.66 bits per heavy atom. The molecule has 8 nitrogen and oxygen atoms in total. The van der Waals surface area contributed by atoms with E-state index in [0.717, 1.165) is 11.1 Å². The van der Waals surface area contributed by atoms with Gasteiger partial charge in [0.2, 0.25) is 0 Å². The van der Waals surface area contributed by atoms with Gasteiger partial charge in [-0.2, -0.15) is 5.10 Å². The number of nitro groups is 1. The predicted molar refractivity (Wildman–Crippen MR) is 109 cm³/mol. The second kappa shape index (κ2) is 9.70. The molecule has 1 N–H and O–H groups in total. The van der Waals surface area contributed by atoms with Gasteiger partial charge in [-0.3, -0.25) is 14.8 Å². The van der Waals surface area contributed by atoms with Gasteiger partial charge in [-0.05, 0) is 24.1 Å². The van der Waals surface area contributed by atoms with Crippen LogP contribution in [-0.4, -0.2) is 28.4 Å². The number of rotatable bonds is 10. The minimum atomic E-state index is -0.400. The van der Waals surface area contributed by atoms with Gasteiger partial charge in [0.05, 0.1) is 30.8 Å². The predicted octanol–water partition coefficient (Wildman–Crippen LogP) is 3.48. The summed E-state index contributed by atoms with van der Waals surface area (Å²) in [5.41, 5.74) is 2.60. The minimum absolute atomic E-state index is 0.00343. The lowest BCUT2D eigenvalue weighted by Gasteiger charge is -2.13. The number of aromatic nitrogens is 2. The van der Waals surface area contributed by atoms with Crippen LogP contribution in [-0.2, 0) is 19.7 Å². The molecule has 0 bridgehead atoms. The van der Waals surface area contributed by atoms with Crippen LogP contribution in [0.4, 0.5) is 5.69 Å². The van der Waals surface area contributed by atoms with Crippen LogP contribution in [0.1, 0.15) is 16.7 Å². The lowest BCUT2D eigenvalue weighted by molar-refractivity contribution is -0.385. The van der Waals surface area contributed by atoms with Crippen molar-refractivity contribution in [2.45, 2.75) is 26.6 Å². The minimum Gasteiger partial charge on any atom is -0.493 e. The van der Waals surface area contributed by atoms with Crippen molar-refractivity contribution in [1.29, 1.82) is 0 Å². The topological polar surface area (TPSA) is 91.5 Å². The third-order valence-electron chi connectivity index (χ3n) is 4.39. The molecule has 2 aromatic carbocycles. The lowest BCUT2D eigenvalue weighted by atomic mass is 10.1. The zero-order valence-electron chi connectivity index (χ0n) is 16.5. The zero-order chi connectivity index (χ0) is 20.6. The molecule has 8 heteroatoms. The van der Waals surface area contributed by atoms with Crippen molar-refractivity contribution < 1.29 is 14.4 Å². The summed E-state index contributed by atoms with van der Waals surface area (Å²) in [6, 6.07) is 12.7. The molecule has 0 unspecified atom stereocenters. The van der Waals surface area contributed by atoms with E-state index in [1.807, 2.05) is 48.1 Å². The molecule has 152 valence electrons. The number of hydrogen-bond donors (Lipinski definition) is 1. The summed E-state index contributed by atoms with van der Waals surface area (Å²) in [5, 5.41) is 19.0. The average Bonchev–Trinajstić information content (AvgIpc) is 3.15. The number of nitrogens with one attached hydrogen (secondary N) is 1. The molecular weight excluding hydrogens is 372 g/mol. The maximum absolute atomic E-state index is 11.6. The van der Waals surface area contributed by atoms with E-state index < -0.39 is 4.92 Å². The Bertz CT molecular complexity index is 957. The normalized spacial score (nSPS) is 10.7. The van der Waals surface area contributed by atoms with Crippen molar-refractivity contribution in [1.82, 2.24) is 15.1 Å². The highest BCUT2D eigenvalue weighted by atomic mass is 16.6. The molecular formula is C21H24N4O4. The highest BCUT2D eigenvalue weighted by Gasteiger charge is 2.19. The van der Waals surface area contributed by atoms with Gasteiger partial charge in [0.25, 0.3) is 5.69 Å². The highest BCUT2D eigenvalue weighted by molar-refractivity contribution is 5.54. The summed E-state index contributed by atoms with van der Waals surface area (Å²) in [6.45, 7) is 3.93. The Morgan fingerprint density at radius 1 is 1.21 bits per heavy atom. The number of nitro benzene ring substituents is 1. The first-order chi connectivity index (χ1) is 14.1. The number of methoxy groups -OCH3 is 1. The molecule has 0 fully saturated rings. The quantitative estimate of drug-likeness (QED) is 0.320. The van der Waals surface area contributed by atoms with Crippen molar-refractivity contribution in [3.8, 4) is 11.5 Å². The molecule has 0 radical (unpaired) electrons. The van der Waals surface area contributed by atoms with Gasteiger partial charge in [-0.1, -0.05) is 30.3 Å². The first-order valence-electron chi connectivity index (χ1n) is 9.28. The lowest BCUT2D eigenvalue weighted by Crippen LogP contribution is -2.20. The smallest absolute Gasteiger partial charge is 0.277 e. The van der Waals surface area contributed by atoms with Gasteiger partial charge in [0.15, 0.2) is 11.5 Å². The highest BCUT2D eigenvalue weighted by Crippen LogP contribution is 2.35. The molecule has 0 aliphatic carbocycles. The fourth-order valence-corrected chi connectivity index (χ4v) is 2.92. The SMILES string of the molecule is COc1cc(CNCCn2cc(C)cn2)c([N+](=O)[O-])cc1OCc1ccccc1. The Kier molecular flexibility index (Phi) is 6.80. The molecule has 0 amide bonds. The van der Waals surface area contributed by atoms with E-state index in [-0.39, 0.29) is 5.69 Å². The standard InChI is InChI=1S/C21H24N4O4/c1-16-12-23-24(14-16)9-8-22-13-18-10-20(28-2)21(11-19(18)25(26)27)29-15-17-6-4-3-5-7-17/h3-7,10-12,14,22H,8-9,13,15H2,1-2H3. The maximum Gasteiger partial charge on any atom is 0.277 e. The molecule has 0 saturated carbocycles. The number of aryl methyl sites for hydroxylation is 1. The molecule has 1 aromatic heterocycles. The molecule has 1 heterocycles. The maximum atomic E-state index is 11.6. The van der Waals surface area contributed by atoms with Crippen molar-refractivity contribution in [2.75, 3.05) is 13.7 Å². The number of ether oxygens (including phenoxy) is 2. The van der Waals surface area contributed by atoms with Crippen molar-refractivity contribution in [3.05, 3.63) is 81.7 Å². The van der Waals surface area contributed by atoms with Gasteiger partial charge in [0.1, 0.15) is 6.61 Å². The van der Waals surface area contributed by atoms with Gasteiger partial charge in [-0.15, -0.1) is 0 Å². The summed E-state index contributed by atoms with van der Waals surface area (Å²) in [5.74, 6) is 0.810. The Hall–Kier alpha value is -3.39. The number of hydrogen-bond acceptors (Lipinski definition) is 6. The first kappa shape index (κ1) is 20.3. The fourth-order valence-electron chi connectivity index (χ4n) is 2.92. The summed E-state index contributed by atoms with van der Waals surface area (Å²) >= 11 is 0. The van der Waals surface area contributed by atoms with Crippen LogP contribution in [0.15, 0.2) is 54.9 Å². The third-order valence-corrected chi connectivity index (χ3v) is 4.39. The van der Waals surface area contributed by atoms with Gasteiger partial charge < -0.3 is 14.8 Å². The Morgan fingerprint density at radius 2 is 2.00 bits per heavy atom. The molecule has 3 aromatic rings. The first-order valence-corrected chi connectivity index (χ1v) is 9.28. The molecule has 0 aliphatic heterocycles. The molecule has 29 heavy (non-hydrogen) atoms. The fraction of sp³-hybridized carbons (Fsp3) is 0.286. The third kappa shape index (κ3) is 5.55. The molecule has 0 aliphatic rings. The van der Waals surface area contributed by atoms with Crippen molar-refractivity contribution in [3.63, 3.8) is 0 Å². The second-order valence-corrected chi connectivity index (χ2v) is 6.62. The molecule has 0 atom stereocenters. The van der Waals surface area contributed by atoms with Crippen LogP contribution in [0.3, 0.4) is 0 Å². The van der Waals surface area contributed by atoms with E-state index in [0.29, 0.717) is 43.3 Å². The Balaban J connectivity index is 1.68. The van der Waals surface area contributed by atoms with Gasteiger partial charge >= 0.3 is 0 Å². The average molecular weight is 396 g/mol. The summed E-state index contributed by atoms with van der Waals surface area (Å²) < 4.78 is 13.0. The summed E-state index contributed by atoms with van der Waals surface area (Å²) in [6.07, 6.45) is 3.75. The number of nitrogens with zero attached hydrogens (tertiary/aromatic N) is 3. The van der Waals surface area contributed by atoms with Crippen LogP contribution < -0.4 is 14.8 Å². The van der Waals surface area contributed by atoms with Gasteiger partial charge in [0, 0.05) is 24.8 Å². The van der Waals surface area contributed by atoms with E-state index in [1.54, 1.807) is 12.3 Å². The van der Waals surface area contributed by atoms with E-state index in [2.05, 4.69) is 10.4 Å². The van der Waals surface area contributed by atoms with Crippen LogP contribution in [0.2, 0.25) is 0 Å². The summed E-state index contributed by atoms with van der Waals surface area (Å²) in [7, 11) is 1.52. The molecule has 3 rings (SSSR count). The second-order valence-electron chi connectivity index (χ2n) is 6.62. The van der Waals surface area contributed by atoms with Crippen LogP contribution in [0.5, 0.6) is 11.5 Å². The van der Waals surface area contributed by atoms with E-state index in [9.17, 15) is 10.1 Å². The molecule has 0 spiro atoms. The zero-order valence-corrected chi connectivity index (χ0v) is 16.5. The van der Waals surface area contributed by atoms with Crippen LogP contribution >= 0.6 is 0 Å². The van der Waals surface area contributed by atoms with Crippen molar-refractivity contribution >= 4 is 5.69 Å². The monoisotopic (exact) mass is 396 g/mol. The van der Waals surface area contributed by atoms with Crippen LogP contribution in [0, 0.1) is 17.0 Å². The van der Waals surface area contributed by atoms with E-state index in [1.165, 1.54) is 13.2 Å². The van der Waals surface area contributed by atoms with Gasteiger partial charge in [-0.25, -0.2) is 0 Å².